The van der Waals surface area contributed by atoms with E-state index in [0.717, 1.165) is 4.90 Å². The SMILES string of the molecule is O=C1CSc2ccc(C(=O)NC(CO)C(=O)O)cc2N1. The minimum absolute atomic E-state index is 0.154. The summed E-state index contributed by atoms with van der Waals surface area (Å²) in [5, 5.41) is 22.5. The number of carboxylic acid groups (broad SMARTS) is 1. The summed E-state index contributed by atoms with van der Waals surface area (Å²) in [5.74, 6) is -1.77. The van der Waals surface area contributed by atoms with Crippen LogP contribution in [0, 0.1) is 0 Å². The average molecular weight is 296 g/mol. The van der Waals surface area contributed by atoms with E-state index in [9.17, 15) is 14.4 Å². The quantitative estimate of drug-likeness (QED) is 0.617. The van der Waals surface area contributed by atoms with Crippen LogP contribution in [0.1, 0.15) is 10.4 Å². The van der Waals surface area contributed by atoms with Crippen LogP contribution >= 0.6 is 11.8 Å². The maximum atomic E-state index is 11.9. The molecule has 4 N–H and O–H groups in total. The van der Waals surface area contributed by atoms with Crippen molar-refractivity contribution in [3.05, 3.63) is 23.8 Å². The molecule has 0 bridgehead atoms. The van der Waals surface area contributed by atoms with Crippen molar-refractivity contribution in [1.29, 1.82) is 0 Å². The van der Waals surface area contributed by atoms with Gasteiger partial charge in [0.25, 0.3) is 5.91 Å². The maximum Gasteiger partial charge on any atom is 0.328 e. The molecule has 106 valence electrons. The van der Waals surface area contributed by atoms with Crippen LogP contribution in [0.15, 0.2) is 23.1 Å². The van der Waals surface area contributed by atoms with Crippen molar-refractivity contribution in [2.45, 2.75) is 10.9 Å². The molecular formula is C12H12N2O5S. The third-order valence-corrected chi connectivity index (χ3v) is 3.73. The summed E-state index contributed by atoms with van der Waals surface area (Å²) < 4.78 is 0. The number of aliphatic hydroxyl groups excluding tert-OH is 1. The van der Waals surface area contributed by atoms with E-state index in [2.05, 4.69) is 10.6 Å². The molecule has 0 saturated heterocycles. The van der Waals surface area contributed by atoms with Gasteiger partial charge in [-0.05, 0) is 18.2 Å². The lowest BCUT2D eigenvalue weighted by atomic mass is 10.1. The lowest BCUT2D eigenvalue weighted by molar-refractivity contribution is -0.140. The fourth-order valence-electron chi connectivity index (χ4n) is 1.65. The first-order valence-electron chi connectivity index (χ1n) is 5.72. The van der Waals surface area contributed by atoms with E-state index < -0.39 is 24.5 Å². The highest BCUT2D eigenvalue weighted by atomic mass is 32.2. The molecule has 0 aromatic heterocycles. The number of anilines is 1. The van der Waals surface area contributed by atoms with Crippen LogP contribution in [0.4, 0.5) is 5.69 Å². The van der Waals surface area contributed by atoms with Crippen LogP contribution < -0.4 is 10.6 Å². The number of nitrogens with one attached hydrogen (secondary N) is 2. The molecule has 1 unspecified atom stereocenters. The standard InChI is InChI=1S/C12H12N2O5S/c15-4-8(12(18)19)14-11(17)6-1-2-9-7(3-6)13-10(16)5-20-9/h1-3,8,15H,4-5H2,(H,13,16)(H,14,17)(H,18,19). The number of aliphatic hydroxyl groups is 1. The van der Waals surface area contributed by atoms with Crippen molar-refractivity contribution in [2.24, 2.45) is 0 Å². The Labute approximate surface area is 118 Å². The summed E-state index contributed by atoms with van der Waals surface area (Å²) in [4.78, 5) is 34.7. The Morgan fingerprint density at radius 1 is 1.45 bits per heavy atom. The lowest BCUT2D eigenvalue weighted by Gasteiger charge is -2.17. The van der Waals surface area contributed by atoms with E-state index >= 15 is 0 Å². The van der Waals surface area contributed by atoms with Crippen LogP contribution in [-0.2, 0) is 9.59 Å². The summed E-state index contributed by atoms with van der Waals surface area (Å²) in [5.41, 5.74) is 0.737. The molecule has 0 fully saturated rings. The van der Waals surface area contributed by atoms with E-state index in [4.69, 9.17) is 10.2 Å². The zero-order valence-electron chi connectivity index (χ0n) is 10.3. The van der Waals surface area contributed by atoms with Crippen LogP contribution in [0.3, 0.4) is 0 Å². The monoisotopic (exact) mass is 296 g/mol. The van der Waals surface area contributed by atoms with Gasteiger partial charge in [-0.1, -0.05) is 0 Å². The molecule has 0 radical (unpaired) electrons. The number of hydrogen-bond acceptors (Lipinski definition) is 5. The van der Waals surface area contributed by atoms with Crippen LogP contribution in [0.25, 0.3) is 0 Å². The van der Waals surface area contributed by atoms with Gasteiger partial charge in [0, 0.05) is 10.5 Å². The van der Waals surface area contributed by atoms with Gasteiger partial charge in [0.1, 0.15) is 0 Å². The second-order valence-corrected chi connectivity index (χ2v) is 5.11. The highest BCUT2D eigenvalue weighted by molar-refractivity contribution is 8.00. The number of carbonyl (C=O) groups excluding carboxylic acids is 2. The zero-order valence-corrected chi connectivity index (χ0v) is 11.1. The molecule has 1 aliphatic heterocycles. The van der Waals surface area contributed by atoms with E-state index in [1.165, 1.54) is 23.9 Å². The molecule has 0 saturated carbocycles. The van der Waals surface area contributed by atoms with Gasteiger partial charge >= 0.3 is 5.97 Å². The molecule has 20 heavy (non-hydrogen) atoms. The molecule has 0 aliphatic carbocycles. The van der Waals surface area contributed by atoms with E-state index in [-0.39, 0.29) is 11.5 Å². The van der Waals surface area contributed by atoms with Gasteiger partial charge in [-0.15, -0.1) is 11.8 Å². The van der Waals surface area contributed by atoms with Crippen LogP contribution in [0.2, 0.25) is 0 Å². The van der Waals surface area contributed by atoms with E-state index in [0.29, 0.717) is 11.4 Å². The van der Waals surface area contributed by atoms with Gasteiger partial charge in [0.15, 0.2) is 6.04 Å². The van der Waals surface area contributed by atoms with Gasteiger partial charge in [-0.3, -0.25) is 9.59 Å². The minimum atomic E-state index is -1.36. The number of carboxylic acids is 1. The van der Waals surface area contributed by atoms with E-state index in [1.54, 1.807) is 6.07 Å². The fraction of sp³-hybridized carbons (Fsp3) is 0.250. The summed E-state index contributed by atoms with van der Waals surface area (Å²) in [6, 6.07) is 3.34. The summed E-state index contributed by atoms with van der Waals surface area (Å²) in [7, 11) is 0. The van der Waals surface area contributed by atoms with Crippen LogP contribution in [-0.4, -0.2) is 46.4 Å². The molecule has 1 aliphatic rings. The van der Waals surface area contributed by atoms with E-state index in [1.807, 2.05) is 0 Å². The largest absolute Gasteiger partial charge is 0.480 e. The number of fused-ring (bicyclic) bond motifs is 1. The number of rotatable bonds is 4. The molecular weight excluding hydrogens is 284 g/mol. The third-order valence-electron chi connectivity index (χ3n) is 2.66. The Balaban J connectivity index is 2.17. The first kappa shape index (κ1) is 14.4. The number of thioether (sulfide) groups is 1. The smallest absolute Gasteiger partial charge is 0.328 e. The molecule has 0 spiro atoms. The molecule has 1 aromatic rings. The fourth-order valence-corrected chi connectivity index (χ4v) is 2.44. The number of carbonyl (C=O) groups is 3. The molecule has 7 nitrogen and oxygen atoms in total. The maximum absolute atomic E-state index is 11.9. The molecule has 2 rings (SSSR count). The number of benzene rings is 1. The topological polar surface area (TPSA) is 116 Å². The highest BCUT2D eigenvalue weighted by Crippen LogP contribution is 2.31. The van der Waals surface area contributed by atoms with Crippen molar-refractivity contribution in [3.63, 3.8) is 0 Å². The number of amides is 2. The normalized spacial score (nSPS) is 14.9. The summed E-state index contributed by atoms with van der Waals surface area (Å²) in [6.07, 6.45) is 0. The Morgan fingerprint density at radius 2 is 2.20 bits per heavy atom. The first-order chi connectivity index (χ1) is 9.51. The van der Waals surface area contributed by atoms with Gasteiger partial charge in [-0.2, -0.15) is 0 Å². The molecule has 1 aromatic carbocycles. The third kappa shape index (κ3) is 3.09. The Kier molecular flexibility index (Phi) is 4.26. The number of hydrogen-bond donors (Lipinski definition) is 4. The highest BCUT2D eigenvalue weighted by Gasteiger charge is 2.21. The Bertz CT molecular complexity index is 575. The predicted octanol–water partition coefficient (Wildman–Crippen LogP) is -0.0939. The van der Waals surface area contributed by atoms with Crippen molar-refractivity contribution in [1.82, 2.24) is 5.32 Å². The average Bonchev–Trinajstić information content (AvgIpc) is 2.43. The van der Waals surface area contributed by atoms with Gasteiger partial charge in [0.05, 0.1) is 18.0 Å². The molecule has 1 atom stereocenters. The van der Waals surface area contributed by atoms with Crippen molar-refractivity contribution in [3.8, 4) is 0 Å². The van der Waals surface area contributed by atoms with Gasteiger partial charge < -0.3 is 20.8 Å². The lowest BCUT2D eigenvalue weighted by Crippen LogP contribution is -2.43. The second-order valence-electron chi connectivity index (χ2n) is 4.09. The number of aliphatic carboxylic acids is 1. The van der Waals surface area contributed by atoms with Gasteiger partial charge in [0.2, 0.25) is 5.91 Å². The Morgan fingerprint density at radius 3 is 2.85 bits per heavy atom. The Hall–Kier alpha value is -2.06. The van der Waals surface area contributed by atoms with Crippen molar-refractivity contribution >= 4 is 35.2 Å². The van der Waals surface area contributed by atoms with Crippen molar-refractivity contribution < 1.29 is 24.6 Å². The summed E-state index contributed by atoms with van der Waals surface area (Å²) in [6.45, 7) is -0.696. The summed E-state index contributed by atoms with van der Waals surface area (Å²) >= 11 is 1.36. The van der Waals surface area contributed by atoms with Crippen molar-refractivity contribution in [2.75, 3.05) is 17.7 Å². The zero-order chi connectivity index (χ0) is 14.7. The molecule has 2 amide bonds. The second kappa shape index (κ2) is 5.93. The predicted molar refractivity (Wildman–Crippen MR) is 71.8 cm³/mol. The molecule has 8 heteroatoms. The van der Waals surface area contributed by atoms with Crippen LogP contribution in [0.5, 0.6) is 0 Å². The first-order valence-corrected chi connectivity index (χ1v) is 6.71. The minimum Gasteiger partial charge on any atom is -0.480 e. The van der Waals surface area contributed by atoms with Gasteiger partial charge in [-0.25, -0.2) is 4.79 Å². The molecule has 1 heterocycles.